The Kier molecular flexibility index (Phi) is 8.12. The van der Waals surface area contributed by atoms with Crippen molar-refractivity contribution in [1.82, 2.24) is 5.32 Å². The van der Waals surface area contributed by atoms with Crippen LogP contribution in [0.1, 0.15) is 48.9 Å². The number of aliphatic hydroxyl groups excluding tert-OH is 1. The summed E-state index contributed by atoms with van der Waals surface area (Å²) in [6.45, 7) is 0.199. The van der Waals surface area contributed by atoms with E-state index in [1.165, 1.54) is 0 Å². The van der Waals surface area contributed by atoms with Gasteiger partial charge in [0.05, 0.1) is 0 Å². The van der Waals surface area contributed by atoms with E-state index in [0.717, 1.165) is 32.1 Å². The minimum Gasteiger partial charge on any atom is -0.480 e. The van der Waals surface area contributed by atoms with Gasteiger partial charge in [-0.15, -0.1) is 0 Å². The number of carboxylic acids is 1. The molecule has 1 amide bonds. The van der Waals surface area contributed by atoms with Crippen molar-refractivity contribution in [3.8, 4) is 0 Å². The lowest BCUT2D eigenvalue weighted by Crippen LogP contribution is -2.40. The second-order valence-electron chi connectivity index (χ2n) is 5.01. The van der Waals surface area contributed by atoms with Gasteiger partial charge in [0.2, 0.25) is 0 Å². The molecule has 0 saturated carbocycles. The molecule has 0 spiro atoms. The Morgan fingerprint density at radius 2 is 1.62 bits per heavy atom. The maximum atomic E-state index is 11.9. The molecule has 0 bridgehead atoms. The van der Waals surface area contributed by atoms with Crippen LogP contribution in [0.25, 0.3) is 0 Å². The maximum absolute atomic E-state index is 11.9. The summed E-state index contributed by atoms with van der Waals surface area (Å²) in [7, 11) is 0. The second kappa shape index (κ2) is 9.94. The van der Waals surface area contributed by atoms with Crippen LogP contribution in [0.2, 0.25) is 0 Å². The van der Waals surface area contributed by atoms with E-state index in [4.69, 9.17) is 10.2 Å². The van der Waals surface area contributed by atoms with E-state index in [9.17, 15) is 9.59 Å². The third kappa shape index (κ3) is 6.90. The van der Waals surface area contributed by atoms with E-state index >= 15 is 0 Å². The van der Waals surface area contributed by atoms with Crippen LogP contribution < -0.4 is 5.32 Å². The quantitative estimate of drug-likeness (QED) is 0.577. The van der Waals surface area contributed by atoms with Crippen molar-refractivity contribution in [2.24, 2.45) is 0 Å². The number of carbonyl (C=O) groups is 2. The molecule has 21 heavy (non-hydrogen) atoms. The molecule has 1 atom stereocenters. The normalized spacial score (nSPS) is 11.9. The van der Waals surface area contributed by atoms with Crippen LogP contribution in [0.4, 0.5) is 0 Å². The van der Waals surface area contributed by atoms with Crippen molar-refractivity contribution >= 4 is 11.9 Å². The minimum absolute atomic E-state index is 0.199. The van der Waals surface area contributed by atoms with Crippen LogP contribution in [-0.2, 0) is 4.79 Å². The number of benzene rings is 1. The molecule has 0 radical (unpaired) electrons. The lowest BCUT2D eigenvalue weighted by molar-refractivity contribution is -0.139. The first-order chi connectivity index (χ1) is 10.1. The highest BCUT2D eigenvalue weighted by molar-refractivity contribution is 5.96. The largest absolute Gasteiger partial charge is 0.480 e. The van der Waals surface area contributed by atoms with Crippen molar-refractivity contribution in [3.63, 3.8) is 0 Å². The minimum atomic E-state index is -1.00. The summed E-state index contributed by atoms with van der Waals surface area (Å²) < 4.78 is 0. The molecule has 0 aromatic heterocycles. The van der Waals surface area contributed by atoms with Crippen molar-refractivity contribution in [1.29, 1.82) is 0 Å². The number of rotatable bonds is 10. The molecule has 5 heteroatoms. The number of amides is 1. The Hall–Kier alpha value is -1.88. The summed E-state index contributed by atoms with van der Waals surface area (Å²) in [6.07, 6.45) is 4.78. The Morgan fingerprint density at radius 3 is 2.24 bits per heavy atom. The van der Waals surface area contributed by atoms with Gasteiger partial charge in [-0.25, -0.2) is 4.79 Å². The zero-order valence-electron chi connectivity index (χ0n) is 12.1. The fourth-order valence-corrected chi connectivity index (χ4v) is 2.08. The van der Waals surface area contributed by atoms with Gasteiger partial charge in [-0.05, 0) is 25.0 Å². The van der Waals surface area contributed by atoms with Gasteiger partial charge in [0.25, 0.3) is 5.91 Å². The second-order valence-corrected chi connectivity index (χ2v) is 5.01. The molecule has 5 nitrogen and oxygen atoms in total. The van der Waals surface area contributed by atoms with E-state index in [-0.39, 0.29) is 12.5 Å². The fraction of sp³-hybridized carbons (Fsp3) is 0.500. The van der Waals surface area contributed by atoms with Gasteiger partial charge in [0, 0.05) is 12.2 Å². The average Bonchev–Trinajstić information content (AvgIpc) is 2.50. The Labute approximate surface area is 125 Å². The van der Waals surface area contributed by atoms with Gasteiger partial charge in [0.1, 0.15) is 6.04 Å². The third-order valence-corrected chi connectivity index (χ3v) is 3.29. The molecule has 0 aliphatic heterocycles. The van der Waals surface area contributed by atoms with E-state index in [1.807, 2.05) is 0 Å². The molecule has 0 fully saturated rings. The molecule has 0 saturated heterocycles. The molecule has 1 rings (SSSR count). The zero-order valence-corrected chi connectivity index (χ0v) is 12.1. The first-order valence-corrected chi connectivity index (χ1v) is 7.34. The Bertz CT molecular complexity index is 433. The number of carboxylic acid groups (broad SMARTS) is 1. The van der Waals surface area contributed by atoms with Gasteiger partial charge < -0.3 is 15.5 Å². The summed E-state index contributed by atoms with van der Waals surface area (Å²) in [4.78, 5) is 23.1. The SMILES string of the molecule is O=C(NC(CCCCCCCO)C(=O)O)c1ccccc1. The number of aliphatic hydroxyl groups is 1. The molecular formula is C16H23NO4. The number of hydrogen-bond acceptors (Lipinski definition) is 3. The molecule has 1 aromatic carbocycles. The fourth-order valence-electron chi connectivity index (χ4n) is 2.08. The number of carbonyl (C=O) groups excluding carboxylic acids is 1. The van der Waals surface area contributed by atoms with E-state index in [2.05, 4.69) is 5.32 Å². The predicted molar refractivity (Wildman–Crippen MR) is 80.1 cm³/mol. The molecule has 0 aliphatic rings. The molecule has 1 unspecified atom stereocenters. The van der Waals surface area contributed by atoms with Crippen molar-refractivity contribution < 1.29 is 19.8 Å². The number of unbranched alkanes of at least 4 members (excludes halogenated alkanes) is 4. The number of nitrogens with one attached hydrogen (secondary N) is 1. The van der Waals surface area contributed by atoms with Crippen LogP contribution in [0.3, 0.4) is 0 Å². The standard InChI is InChI=1S/C16H23NO4/c18-12-8-3-1-2-7-11-14(16(20)21)17-15(19)13-9-5-4-6-10-13/h4-6,9-10,14,18H,1-3,7-8,11-12H2,(H,17,19)(H,20,21). The van der Waals surface area contributed by atoms with Crippen LogP contribution >= 0.6 is 0 Å². The molecule has 0 aliphatic carbocycles. The summed E-state index contributed by atoms with van der Waals surface area (Å²) in [5, 5.41) is 20.4. The highest BCUT2D eigenvalue weighted by Gasteiger charge is 2.19. The van der Waals surface area contributed by atoms with E-state index < -0.39 is 12.0 Å². The Balaban J connectivity index is 2.36. The third-order valence-electron chi connectivity index (χ3n) is 3.29. The molecular weight excluding hydrogens is 270 g/mol. The smallest absolute Gasteiger partial charge is 0.326 e. The van der Waals surface area contributed by atoms with E-state index in [1.54, 1.807) is 30.3 Å². The lowest BCUT2D eigenvalue weighted by atomic mass is 10.1. The molecule has 1 aromatic rings. The topological polar surface area (TPSA) is 86.6 Å². The highest BCUT2D eigenvalue weighted by Crippen LogP contribution is 2.08. The highest BCUT2D eigenvalue weighted by atomic mass is 16.4. The van der Waals surface area contributed by atoms with Crippen molar-refractivity contribution in [2.45, 2.75) is 44.6 Å². The summed E-state index contributed by atoms with van der Waals surface area (Å²) in [5.74, 6) is -1.36. The summed E-state index contributed by atoms with van der Waals surface area (Å²) in [6, 6.07) is 7.75. The van der Waals surface area contributed by atoms with Gasteiger partial charge in [-0.1, -0.05) is 43.9 Å². The molecule has 0 heterocycles. The van der Waals surface area contributed by atoms with Crippen molar-refractivity contribution in [3.05, 3.63) is 35.9 Å². The monoisotopic (exact) mass is 293 g/mol. The van der Waals surface area contributed by atoms with E-state index in [0.29, 0.717) is 12.0 Å². The number of hydrogen-bond donors (Lipinski definition) is 3. The lowest BCUT2D eigenvalue weighted by Gasteiger charge is -2.14. The summed E-state index contributed by atoms with van der Waals surface area (Å²) in [5.41, 5.74) is 0.465. The van der Waals surface area contributed by atoms with Gasteiger partial charge in [-0.2, -0.15) is 0 Å². The van der Waals surface area contributed by atoms with Crippen LogP contribution in [-0.4, -0.2) is 34.7 Å². The number of aliphatic carboxylic acids is 1. The molecule has 116 valence electrons. The van der Waals surface area contributed by atoms with Gasteiger partial charge >= 0.3 is 5.97 Å². The zero-order chi connectivity index (χ0) is 15.5. The van der Waals surface area contributed by atoms with Crippen molar-refractivity contribution in [2.75, 3.05) is 6.61 Å². The average molecular weight is 293 g/mol. The first kappa shape index (κ1) is 17.2. The van der Waals surface area contributed by atoms with Crippen LogP contribution in [0.15, 0.2) is 30.3 Å². The molecule has 3 N–H and O–H groups in total. The first-order valence-electron chi connectivity index (χ1n) is 7.34. The maximum Gasteiger partial charge on any atom is 0.326 e. The van der Waals surface area contributed by atoms with Gasteiger partial charge in [0.15, 0.2) is 0 Å². The van der Waals surface area contributed by atoms with Crippen LogP contribution in [0.5, 0.6) is 0 Å². The van der Waals surface area contributed by atoms with Crippen LogP contribution in [0, 0.1) is 0 Å². The Morgan fingerprint density at radius 1 is 1.00 bits per heavy atom. The van der Waals surface area contributed by atoms with Gasteiger partial charge in [-0.3, -0.25) is 4.79 Å². The predicted octanol–water partition coefficient (Wildman–Crippen LogP) is 2.20. The summed E-state index contributed by atoms with van der Waals surface area (Å²) >= 11 is 0.